The van der Waals surface area contributed by atoms with Crippen molar-refractivity contribution >= 4 is 0 Å². The van der Waals surface area contributed by atoms with Gasteiger partial charge in [-0.2, -0.15) is 0 Å². The Bertz CT molecular complexity index is 623. The molecule has 2 aromatic heterocycles. The Kier molecular flexibility index (Phi) is 4.22. The number of pyridine rings is 2. The molecular weight excluding hydrogens is 290 g/mol. The molecule has 120 valence electrons. The summed E-state index contributed by atoms with van der Waals surface area (Å²) < 4.78 is 12.2. The van der Waals surface area contributed by atoms with Gasteiger partial charge in [0.15, 0.2) is 0 Å². The lowest BCUT2D eigenvalue weighted by Gasteiger charge is -2.39. The minimum Gasteiger partial charge on any atom is -0.486 e. The van der Waals surface area contributed by atoms with Gasteiger partial charge in [-0.15, -0.1) is 0 Å². The predicted molar refractivity (Wildman–Crippen MR) is 86.1 cm³/mol. The van der Waals surface area contributed by atoms with Gasteiger partial charge in [-0.05, 0) is 36.6 Å². The smallest absolute Gasteiger partial charge is 0.138 e. The molecule has 3 atom stereocenters. The Morgan fingerprint density at radius 1 is 1.13 bits per heavy atom. The lowest BCUT2D eigenvalue weighted by atomic mass is 10.1. The first-order chi connectivity index (χ1) is 11.4. The van der Waals surface area contributed by atoms with Crippen LogP contribution in [-0.4, -0.2) is 46.3 Å². The van der Waals surface area contributed by atoms with Crippen molar-refractivity contribution in [3.8, 4) is 5.75 Å². The third-order valence-electron chi connectivity index (χ3n) is 4.68. The van der Waals surface area contributed by atoms with E-state index in [2.05, 4.69) is 20.9 Å². The standard InChI is InChI=1S/C18H21N3O2/c1-3-14(11-19-7-1)13-21-9-10-22-18-16(21)5-6-17(18)23-15-4-2-8-20-12-15/h1-4,7-8,11-12,16-18H,5-6,9-10,13H2/t16-,17-,18+/m0/s1. The average Bonchev–Trinajstić information content (AvgIpc) is 3.01. The molecule has 0 unspecified atom stereocenters. The average molecular weight is 311 g/mol. The molecule has 5 nitrogen and oxygen atoms in total. The van der Waals surface area contributed by atoms with E-state index in [4.69, 9.17) is 9.47 Å². The highest BCUT2D eigenvalue weighted by Gasteiger charge is 2.44. The number of hydrogen-bond donors (Lipinski definition) is 0. The fraction of sp³-hybridized carbons (Fsp3) is 0.444. The minimum absolute atomic E-state index is 0.112. The highest BCUT2D eigenvalue weighted by atomic mass is 16.5. The maximum absolute atomic E-state index is 6.12. The van der Waals surface area contributed by atoms with Gasteiger partial charge in [-0.25, -0.2) is 0 Å². The van der Waals surface area contributed by atoms with E-state index in [1.54, 1.807) is 12.4 Å². The van der Waals surface area contributed by atoms with Gasteiger partial charge >= 0.3 is 0 Å². The quantitative estimate of drug-likeness (QED) is 0.867. The first-order valence-electron chi connectivity index (χ1n) is 8.21. The molecule has 5 heteroatoms. The van der Waals surface area contributed by atoms with Crippen LogP contribution in [0.15, 0.2) is 49.1 Å². The third kappa shape index (κ3) is 3.21. The second-order valence-electron chi connectivity index (χ2n) is 6.16. The summed E-state index contributed by atoms with van der Waals surface area (Å²) in [6.07, 6.45) is 9.67. The summed E-state index contributed by atoms with van der Waals surface area (Å²) in [6.45, 7) is 2.65. The second-order valence-corrected chi connectivity index (χ2v) is 6.16. The van der Waals surface area contributed by atoms with E-state index in [1.165, 1.54) is 5.56 Å². The van der Waals surface area contributed by atoms with Crippen LogP contribution < -0.4 is 4.74 Å². The number of hydrogen-bond acceptors (Lipinski definition) is 5. The van der Waals surface area contributed by atoms with Crippen LogP contribution in [0.3, 0.4) is 0 Å². The van der Waals surface area contributed by atoms with E-state index in [-0.39, 0.29) is 12.2 Å². The van der Waals surface area contributed by atoms with E-state index in [1.807, 2.05) is 30.6 Å². The van der Waals surface area contributed by atoms with Gasteiger partial charge in [0.25, 0.3) is 0 Å². The fourth-order valence-corrected chi connectivity index (χ4v) is 3.63. The molecule has 1 aliphatic heterocycles. The predicted octanol–water partition coefficient (Wildman–Crippen LogP) is 2.29. The summed E-state index contributed by atoms with van der Waals surface area (Å²) in [5, 5.41) is 0. The van der Waals surface area contributed by atoms with Crippen LogP contribution in [0.4, 0.5) is 0 Å². The summed E-state index contributed by atoms with van der Waals surface area (Å²) in [5.41, 5.74) is 1.25. The number of aromatic nitrogens is 2. The van der Waals surface area contributed by atoms with Gasteiger partial charge in [0, 0.05) is 37.7 Å². The molecule has 23 heavy (non-hydrogen) atoms. The fourth-order valence-electron chi connectivity index (χ4n) is 3.63. The number of rotatable bonds is 4. The molecule has 0 aromatic carbocycles. The largest absolute Gasteiger partial charge is 0.486 e. The van der Waals surface area contributed by atoms with E-state index >= 15 is 0 Å². The zero-order chi connectivity index (χ0) is 15.5. The molecule has 3 heterocycles. The van der Waals surface area contributed by atoms with E-state index < -0.39 is 0 Å². The van der Waals surface area contributed by atoms with Crippen molar-refractivity contribution in [2.45, 2.75) is 37.6 Å². The van der Waals surface area contributed by atoms with Crippen LogP contribution in [0, 0.1) is 0 Å². The molecule has 0 N–H and O–H groups in total. The van der Waals surface area contributed by atoms with Gasteiger partial charge in [-0.3, -0.25) is 14.9 Å². The summed E-state index contributed by atoms with van der Waals surface area (Å²) in [4.78, 5) is 10.8. The lowest BCUT2D eigenvalue weighted by Crippen LogP contribution is -2.51. The third-order valence-corrected chi connectivity index (χ3v) is 4.68. The molecule has 0 radical (unpaired) electrons. The van der Waals surface area contributed by atoms with Gasteiger partial charge in [0.05, 0.1) is 12.8 Å². The molecule has 2 aliphatic rings. The molecule has 1 saturated carbocycles. The molecule has 2 aromatic rings. The molecule has 1 aliphatic carbocycles. The highest BCUT2D eigenvalue weighted by Crippen LogP contribution is 2.33. The van der Waals surface area contributed by atoms with Crippen molar-refractivity contribution < 1.29 is 9.47 Å². The lowest BCUT2D eigenvalue weighted by molar-refractivity contribution is -0.0916. The Labute approximate surface area is 136 Å². The van der Waals surface area contributed by atoms with Crippen LogP contribution in [0.1, 0.15) is 18.4 Å². The summed E-state index contributed by atoms with van der Waals surface area (Å²) in [7, 11) is 0. The molecule has 0 bridgehead atoms. The van der Waals surface area contributed by atoms with Gasteiger partial charge in [-0.1, -0.05) is 6.07 Å². The number of nitrogens with zero attached hydrogens (tertiary/aromatic N) is 3. The van der Waals surface area contributed by atoms with Crippen LogP contribution in [-0.2, 0) is 11.3 Å². The Hall–Kier alpha value is -1.98. The zero-order valence-electron chi connectivity index (χ0n) is 13.0. The number of morpholine rings is 1. The Balaban J connectivity index is 1.44. The maximum Gasteiger partial charge on any atom is 0.138 e. The number of ether oxygens (including phenoxy) is 2. The van der Waals surface area contributed by atoms with Crippen molar-refractivity contribution in [3.63, 3.8) is 0 Å². The summed E-state index contributed by atoms with van der Waals surface area (Å²) in [5.74, 6) is 0.825. The molecule has 0 amide bonds. The Morgan fingerprint density at radius 3 is 2.78 bits per heavy atom. The van der Waals surface area contributed by atoms with Crippen molar-refractivity contribution in [2.75, 3.05) is 13.2 Å². The minimum atomic E-state index is 0.112. The number of fused-ring (bicyclic) bond motifs is 1. The summed E-state index contributed by atoms with van der Waals surface area (Å²) >= 11 is 0. The van der Waals surface area contributed by atoms with E-state index in [9.17, 15) is 0 Å². The normalized spacial score (nSPS) is 27.6. The maximum atomic E-state index is 6.12. The Morgan fingerprint density at radius 2 is 2.00 bits per heavy atom. The molecule has 0 spiro atoms. The SMILES string of the molecule is c1cncc(CN2CCO[C@H]3[C@@H](Oc4cccnc4)CC[C@@H]32)c1. The van der Waals surface area contributed by atoms with E-state index in [0.717, 1.165) is 38.3 Å². The topological polar surface area (TPSA) is 47.5 Å². The van der Waals surface area contributed by atoms with E-state index in [0.29, 0.717) is 6.04 Å². The second kappa shape index (κ2) is 6.64. The molecule has 2 fully saturated rings. The van der Waals surface area contributed by atoms with Crippen molar-refractivity contribution in [3.05, 3.63) is 54.6 Å². The first kappa shape index (κ1) is 14.6. The van der Waals surface area contributed by atoms with Crippen LogP contribution in [0.5, 0.6) is 5.75 Å². The van der Waals surface area contributed by atoms with Crippen molar-refractivity contribution in [2.24, 2.45) is 0 Å². The highest BCUT2D eigenvalue weighted by molar-refractivity contribution is 5.17. The van der Waals surface area contributed by atoms with Gasteiger partial charge < -0.3 is 9.47 Å². The first-order valence-corrected chi connectivity index (χ1v) is 8.21. The van der Waals surface area contributed by atoms with Crippen molar-refractivity contribution in [1.82, 2.24) is 14.9 Å². The van der Waals surface area contributed by atoms with Gasteiger partial charge in [0.2, 0.25) is 0 Å². The molecule has 1 saturated heterocycles. The van der Waals surface area contributed by atoms with Crippen LogP contribution in [0.25, 0.3) is 0 Å². The van der Waals surface area contributed by atoms with Gasteiger partial charge in [0.1, 0.15) is 18.0 Å². The van der Waals surface area contributed by atoms with Crippen molar-refractivity contribution in [1.29, 1.82) is 0 Å². The molecular formula is C18H21N3O2. The zero-order valence-corrected chi connectivity index (χ0v) is 13.0. The van der Waals surface area contributed by atoms with Crippen LogP contribution in [0.2, 0.25) is 0 Å². The monoisotopic (exact) mass is 311 g/mol. The molecule has 4 rings (SSSR count). The van der Waals surface area contributed by atoms with Crippen LogP contribution >= 0.6 is 0 Å². The summed E-state index contributed by atoms with van der Waals surface area (Å²) in [6, 6.07) is 8.41.